The maximum Gasteiger partial charge on any atom is 0.315 e. The van der Waals surface area contributed by atoms with Crippen molar-refractivity contribution in [2.45, 2.75) is 44.2 Å². The summed E-state index contributed by atoms with van der Waals surface area (Å²) < 4.78 is 0. The Balaban J connectivity index is 1.41. The molecule has 0 bridgehead atoms. The normalized spacial score (nSPS) is 23.2. The highest BCUT2D eigenvalue weighted by Gasteiger charge is 2.39. The molecule has 1 aromatic heterocycles. The van der Waals surface area contributed by atoms with Crippen molar-refractivity contribution in [2.75, 3.05) is 13.1 Å². The molecule has 1 aliphatic carbocycles. The van der Waals surface area contributed by atoms with Crippen LogP contribution in [0.1, 0.15) is 37.7 Å². The molecule has 1 saturated heterocycles. The van der Waals surface area contributed by atoms with Gasteiger partial charge in [0.25, 0.3) is 0 Å². The van der Waals surface area contributed by atoms with E-state index in [2.05, 4.69) is 29.0 Å². The molecular formula is C15H21N3O2S. The van der Waals surface area contributed by atoms with Crippen LogP contribution in [0.2, 0.25) is 0 Å². The van der Waals surface area contributed by atoms with Gasteiger partial charge in [-0.1, -0.05) is 6.92 Å². The van der Waals surface area contributed by atoms with Crippen LogP contribution in [0.3, 0.4) is 0 Å². The molecule has 1 aliphatic heterocycles. The molecule has 3 amide bonds. The van der Waals surface area contributed by atoms with Crippen LogP contribution in [0.25, 0.3) is 0 Å². The lowest BCUT2D eigenvalue weighted by atomic mass is 10.1. The fourth-order valence-electron chi connectivity index (χ4n) is 2.72. The first-order chi connectivity index (χ1) is 10.1. The molecule has 2 heterocycles. The standard InChI is InChI=1S/C15H21N3O2S/c1-10(11-4-5-21-9-11)7-16-15(20)17-12-6-14(19)18(8-12)13-2-3-13/h4-5,9-10,12-13H,2-3,6-8H2,1H3,(H2,16,17,20). The van der Waals surface area contributed by atoms with Crippen LogP contribution in [0.4, 0.5) is 4.79 Å². The molecule has 0 radical (unpaired) electrons. The van der Waals surface area contributed by atoms with Crippen LogP contribution in [0, 0.1) is 0 Å². The smallest absolute Gasteiger partial charge is 0.315 e. The van der Waals surface area contributed by atoms with E-state index >= 15 is 0 Å². The Hall–Kier alpha value is -1.56. The lowest BCUT2D eigenvalue weighted by molar-refractivity contribution is -0.128. The summed E-state index contributed by atoms with van der Waals surface area (Å²) in [5.41, 5.74) is 1.25. The lowest BCUT2D eigenvalue weighted by Crippen LogP contribution is -2.44. The molecule has 0 spiro atoms. The SMILES string of the molecule is CC(CNC(=O)NC1CC(=O)N(C2CC2)C1)c1ccsc1. The Kier molecular flexibility index (Phi) is 4.14. The van der Waals surface area contributed by atoms with Gasteiger partial charge in [-0.3, -0.25) is 4.79 Å². The predicted octanol–water partition coefficient (Wildman–Crippen LogP) is 1.91. The summed E-state index contributed by atoms with van der Waals surface area (Å²) in [6.07, 6.45) is 2.66. The van der Waals surface area contributed by atoms with Crippen molar-refractivity contribution in [3.63, 3.8) is 0 Å². The highest BCUT2D eigenvalue weighted by atomic mass is 32.1. The average Bonchev–Trinajstić information content (AvgIpc) is 3.01. The lowest BCUT2D eigenvalue weighted by Gasteiger charge is -2.17. The Bertz CT molecular complexity index is 513. The molecule has 114 valence electrons. The topological polar surface area (TPSA) is 61.4 Å². The molecule has 1 aromatic rings. The summed E-state index contributed by atoms with van der Waals surface area (Å²) in [6, 6.07) is 2.30. The first-order valence-corrected chi connectivity index (χ1v) is 8.43. The van der Waals surface area contributed by atoms with Gasteiger partial charge >= 0.3 is 6.03 Å². The fraction of sp³-hybridized carbons (Fsp3) is 0.600. The monoisotopic (exact) mass is 307 g/mol. The number of hydrogen-bond acceptors (Lipinski definition) is 3. The number of rotatable bonds is 5. The molecule has 2 fully saturated rings. The maximum atomic E-state index is 11.9. The van der Waals surface area contributed by atoms with E-state index in [-0.39, 0.29) is 18.0 Å². The molecule has 2 N–H and O–H groups in total. The van der Waals surface area contributed by atoms with Gasteiger partial charge in [0.05, 0.1) is 6.04 Å². The van der Waals surface area contributed by atoms with E-state index < -0.39 is 0 Å². The van der Waals surface area contributed by atoms with Crippen molar-refractivity contribution in [3.05, 3.63) is 22.4 Å². The molecular weight excluding hydrogens is 286 g/mol. The van der Waals surface area contributed by atoms with Crippen LogP contribution in [0.5, 0.6) is 0 Å². The summed E-state index contributed by atoms with van der Waals surface area (Å²) in [5, 5.41) is 9.96. The van der Waals surface area contributed by atoms with Crippen molar-refractivity contribution in [3.8, 4) is 0 Å². The van der Waals surface area contributed by atoms with Gasteiger partial charge < -0.3 is 15.5 Å². The second-order valence-corrected chi connectivity index (χ2v) is 6.77. The van der Waals surface area contributed by atoms with Gasteiger partial charge in [-0.25, -0.2) is 4.79 Å². The van der Waals surface area contributed by atoms with Crippen molar-refractivity contribution in [2.24, 2.45) is 0 Å². The van der Waals surface area contributed by atoms with Crippen molar-refractivity contribution in [1.29, 1.82) is 0 Å². The second kappa shape index (κ2) is 6.05. The van der Waals surface area contributed by atoms with E-state index in [1.807, 2.05) is 10.3 Å². The molecule has 21 heavy (non-hydrogen) atoms. The molecule has 3 rings (SSSR count). The van der Waals surface area contributed by atoms with Gasteiger partial charge in [-0.05, 0) is 41.1 Å². The second-order valence-electron chi connectivity index (χ2n) is 5.99. The van der Waals surface area contributed by atoms with Crippen LogP contribution >= 0.6 is 11.3 Å². The number of amides is 3. The minimum Gasteiger partial charge on any atom is -0.338 e. The van der Waals surface area contributed by atoms with Crippen LogP contribution in [-0.4, -0.2) is 42.0 Å². The summed E-state index contributed by atoms with van der Waals surface area (Å²) in [7, 11) is 0. The third-order valence-electron chi connectivity index (χ3n) is 4.16. The van der Waals surface area contributed by atoms with Gasteiger partial charge in [0.2, 0.25) is 5.91 Å². The third-order valence-corrected chi connectivity index (χ3v) is 4.86. The van der Waals surface area contributed by atoms with Crippen molar-refractivity contribution < 1.29 is 9.59 Å². The van der Waals surface area contributed by atoms with E-state index in [1.165, 1.54) is 5.56 Å². The number of nitrogens with zero attached hydrogens (tertiary/aromatic N) is 1. The zero-order valence-electron chi connectivity index (χ0n) is 12.2. The molecule has 6 heteroatoms. The number of carbonyl (C=O) groups is 2. The fourth-order valence-corrected chi connectivity index (χ4v) is 3.51. The minimum absolute atomic E-state index is 0.0467. The molecule has 2 atom stereocenters. The average molecular weight is 307 g/mol. The van der Waals surface area contributed by atoms with E-state index in [4.69, 9.17) is 0 Å². The number of urea groups is 1. The number of carbonyl (C=O) groups excluding carboxylic acids is 2. The van der Waals surface area contributed by atoms with Gasteiger partial charge in [-0.2, -0.15) is 11.3 Å². The highest BCUT2D eigenvalue weighted by molar-refractivity contribution is 7.07. The van der Waals surface area contributed by atoms with E-state index in [1.54, 1.807) is 11.3 Å². The van der Waals surface area contributed by atoms with E-state index in [0.717, 1.165) is 12.8 Å². The molecule has 2 unspecified atom stereocenters. The summed E-state index contributed by atoms with van der Waals surface area (Å²) in [5.74, 6) is 0.476. The van der Waals surface area contributed by atoms with Crippen molar-refractivity contribution in [1.82, 2.24) is 15.5 Å². The molecule has 0 aromatic carbocycles. The zero-order chi connectivity index (χ0) is 14.8. The van der Waals surface area contributed by atoms with E-state index in [0.29, 0.717) is 31.5 Å². The zero-order valence-corrected chi connectivity index (χ0v) is 13.0. The first kappa shape index (κ1) is 14.4. The minimum atomic E-state index is -0.174. The van der Waals surface area contributed by atoms with Crippen LogP contribution in [0.15, 0.2) is 16.8 Å². The number of nitrogens with one attached hydrogen (secondary N) is 2. The number of likely N-dealkylation sites (tertiary alicyclic amines) is 1. The van der Waals surface area contributed by atoms with Gasteiger partial charge in [0.1, 0.15) is 0 Å². The quantitative estimate of drug-likeness (QED) is 0.873. The van der Waals surface area contributed by atoms with Crippen LogP contribution in [-0.2, 0) is 4.79 Å². The number of thiophene rings is 1. The summed E-state index contributed by atoms with van der Waals surface area (Å²) in [6.45, 7) is 3.36. The maximum absolute atomic E-state index is 11.9. The van der Waals surface area contributed by atoms with Crippen molar-refractivity contribution >= 4 is 23.3 Å². The largest absolute Gasteiger partial charge is 0.338 e. The number of hydrogen-bond donors (Lipinski definition) is 2. The molecule has 5 nitrogen and oxygen atoms in total. The Morgan fingerprint density at radius 1 is 1.52 bits per heavy atom. The Morgan fingerprint density at radius 3 is 3.00 bits per heavy atom. The van der Waals surface area contributed by atoms with Crippen LogP contribution < -0.4 is 10.6 Å². The first-order valence-electron chi connectivity index (χ1n) is 7.49. The van der Waals surface area contributed by atoms with Gasteiger partial charge in [-0.15, -0.1) is 0 Å². The Morgan fingerprint density at radius 2 is 2.33 bits per heavy atom. The van der Waals surface area contributed by atoms with Gasteiger partial charge in [0.15, 0.2) is 0 Å². The summed E-state index contributed by atoms with van der Waals surface area (Å²) >= 11 is 1.67. The van der Waals surface area contributed by atoms with Gasteiger partial charge in [0, 0.05) is 25.6 Å². The molecule has 1 saturated carbocycles. The third kappa shape index (κ3) is 3.56. The van der Waals surface area contributed by atoms with E-state index in [9.17, 15) is 9.59 Å². The summed E-state index contributed by atoms with van der Waals surface area (Å²) in [4.78, 5) is 25.7. The molecule has 2 aliphatic rings. The highest BCUT2D eigenvalue weighted by Crippen LogP contribution is 2.30. The predicted molar refractivity (Wildman–Crippen MR) is 82.4 cm³/mol. The Labute approximate surface area is 128 Å².